The number of esters is 2. The Labute approximate surface area is 116 Å². The van der Waals surface area contributed by atoms with Crippen molar-refractivity contribution in [3.63, 3.8) is 0 Å². The largest absolute Gasteiger partial charge is 0.508 e. The van der Waals surface area contributed by atoms with Gasteiger partial charge in [-0.15, -0.1) is 0 Å². The first-order chi connectivity index (χ1) is 9.52. The normalized spacial score (nSPS) is 12.1. The molecule has 2 N–H and O–H groups in total. The number of phenols is 1. The molecule has 6 nitrogen and oxygen atoms in total. The van der Waals surface area contributed by atoms with Crippen LogP contribution in [0.3, 0.4) is 0 Å². The van der Waals surface area contributed by atoms with Gasteiger partial charge in [-0.05, 0) is 31.2 Å². The summed E-state index contributed by atoms with van der Waals surface area (Å²) in [5.41, 5.74) is 0.251. The van der Waals surface area contributed by atoms with Crippen molar-refractivity contribution in [2.75, 3.05) is 13.2 Å². The number of hydrogen-bond donors (Lipinski definition) is 2. The number of ether oxygens (including phenoxy) is 2. The fraction of sp³-hybridized carbons (Fsp3) is 0.286. The van der Waals surface area contributed by atoms with Crippen molar-refractivity contribution in [1.82, 2.24) is 0 Å². The van der Waals surface area contributed by atoms with E-state index < -0.39 is 18.0 Å². The highest BCUT2D eigenvalue weighted by atomic mass is 16.6. The van der Waals surface area contributed by atoms with Crippen molar-refractivity contribution in [1.29, 1.82) is 0 Å². The van der Waals surface area contributed by atoms with E-state index in [0.29, 0.717) is 0 Å². The van der Waals surface area contributed by atoms with E-state index in [0.717, 1.165) is 0 Å². The van der Waals surface area contributed by atoms with Gasteiger partial charge < -0.3 is 19.7 Å². The molecule has 20 heavy (non-hydrogen) atoms. The van der Waals surface area contributed by atoms with Gasteiger partial charge in [0.2, 0.25) is 0 Å². The quantitative estimate of drug-likeness (QED) is 0.597. The molecule has 0 bridgehead atoms. The van der Waals surface area contributed by atoms with Gasteiger partial charge in [-0.1, -0.05) is 6.08 Å². The molecule has 108 valence electrons. The Bertz CT molecular complexity index is 477. The van der Waals surface area contributed by atoms with E-state index in [-0.39, 0.29) is 24.5 Å². The summed E-state index contributed by atoms with van der Waals surface area (Å²) in [6.45, 7) is 1.12. The lowest BCUT2D eigenvalue weighted by Crippen LogP contribution is -2.25. The Hall–Kier alpha value is -2.34. The SMILES string of the molecule is CC=CC(=O)OCC(O)COC(=O)c1ccc(O)cc1. The number of allylic oxidation sites excluding steroid dienone is 1. The maximum absolute atomic E-state index is 11.6. The zero-order valence-corrected chi connectivity index (χ0v) is 11.0. The Kier molecular flexibility index (Phi) is 6.25. The number of carbonyl (C=O) groups is 2. The van der Waals surface area contributed by atoms with Crippen LogP contribution in [0.1, 0.15) is 17.3 Å². The second kappa shape index (κ2) is 7.96. The predicted molar refractivity (Wildman–Crippen MR) is 70.2 cm³/mol. The summed E-state index contributed by atoms with van der Waals surface area (Å²) in [7, 11) is 0. The summed E-state index contributed by atoms with van der Waals surface area (Å²) in [5, 5.41) is 18.6. The van der Waals surface area contributed by atoms with Crippen LogP contribution in [0.2, 0.25) is 0 Å². The van der Waals surface area contributed by atoms with Crippen molar-refractivity contribution in [2.45, 2.75) is 13.0 Å². The predicted octanol–water partition coefficient (Wildman–Crippen LogP) is 1.03. The number of rotatable bonds is 6. The van der Waals surface area contributed by atoms with E-state index in [9.17, 15) is 14.7 Å². The maximum atomic E-state index is 11.6. The Morgan fingerprint density at radius 1 is 1.20 bits per heavy atom. The highest BCUT2D eigenvalue weighted by Gasteiger charge is 2.12. The Morgan fingerprint density at radius 2 is 1.80 bits per heavy atom. The maximum Gasteiger partial charge on any atom is 0.338 e. The molecule has 0 aliphatic rings. The van der Waals surface area contributed by atoms with Crippen molar-refractivity contribution in [2.24, 2.45) is 0 Å². The number of hydrogen-bond acceptors (Lipinski definition) is 6. The number of aliphatic hydroxyl groups excluding tert-OH is 1. The molecule has 1 aromatic carbocycles. The fourth-order valence-corrected chi connectivity index (χ4v) is 1.26. The van der Waals surface area contributed by atoms with Crippen molar-refractivity contribution in [3.05, 3.63) is 42.0 Å². The number of phenolic OH excluding ortho intramolecular Hbond substituents is 1. The zero-order chi connectivity index (χ0) is 15.0. The van der Waals surface area contributed by atoms with E-state index in [1.807, 2.05) is 0 Å². The molecule has 1 atom stereocenters. The van der Waals surface area contributed by atoms with Crippen LogP contribution in [0.4, 0.5) is 0 Å². The molecular formula is C14H16O6. The highest BCUT2D eigenvalue weighted by molar-refractivity contribution is 5.89. The van der Waals surface area contributed by atoms with E-state index in [2.05, 4.69) is 0 Å². The van der Waals surface area contributed by atoms with Crippen LogP contribution < -0.4 is 0 Å². The van der Waals surface area contributed by atoms with Crippen LogP contribution in [0.5, 0.6) is 5.75 Å². The van der Waals surface area contributed by atoms with Gasteiger partial charge in [-0.2, -0.15) is 0 Å². The molecule has 0 amide bonds. The average molecular weight is 280 g/mol. The van der Waals surface area contributed by atoms with Crippen LogP contribution in [-0.4, -0.2) is 41.5 Å². The second-order valence-corrected chi connectivity index (χ2v) is 3.93. The van der Waals surface area contributed by atoms with E-state index in [1.54, 1.807) is 6.92 Å². The van der Waals surface area contributed by atoms with Gasteiger partial charge in [0.15, 0.2) is 0 Å². The summed E-state index contributed by atoms with van der Waals surface area (Å²) in [6.07, 6.45) is 1.64. The third-order valence-electron chi connectivity index (χ3n) is 2.23. The smallest absolute Gasteiger partial charge is 0.338 e. The second-order valence-electron chi connectivity index (χ2n) is 3.93. The molecule has 0 aromatic heterocycles. The van der Waals surface area contributed by atoms with Gasteiger partial charge in [0.1, 0.15) is 25.1 Å². The minimum atomic E-state index is -1.09. The van der Waals surface area contributed by atoms with Gasteiger partial charge >= 0.3 is 11.9 Å². The molecular weight excluding hydrogens is 264 g/mol. The highest BCUT2D eigenvalue weighted by Crippen LogP contribution is 2.10. The van der Waals surface area contributed by atoms with Gasteiger partial charge in [0, 0.05) is 6.08 Å². The fourth-order valence-electron chi connectivity index (χ4n) is 1.26. The molecule has 0 heterocycles. The molecule has 0 aliphatic heterocycles. The van der Waals surface area contributed by atoms with E-state index in [4.69, 9.17) is 14.6 Å². The lowest BCUT2D eigenvalue weighted by atomic mass is 10.2. The van der Waals surface area contributed by atoms with Gasteiger partial charge in [0.05, 0.1) is 5.56 Å². The molecule has 1 aromatic rings. The van der Waals surface area contributed by atoms with Crippen LogP contribution in [-0.2, 0) is 14.3 Å². The van der Waals surface area contributed by atoms with Crippen LogP contribution in [0.15, 0.2) is 36.4 Å². The monoisotopic (exact) mass is 280 g/mol. The third kappa shape index (κ3) is 5.53. The van der Waals surface area contributed by atoms with Crippen molar-refractivity contribution in [3.8, 4) is 5.75 Å². The molecule has 0 aliphatic carbocycles. The Morgan fingerprint density at radius 3 is 2.40 bits per heavy atom. The van der Waals surface area contributed by atoms with Gasteiger partial charge in [0.25, 0.3) is 0 Å². The number of aliphatic hydroxyl groups is 1. The minimum absolute atomic E-state index is 0.0393. The lowest BCUT2D eigenvalue weighted by molar-refractivity contribution is -0.141. The molecule has 0 saturated heterocycles. The average Bonchev–Trinajstić information content (AvgIpc) is 2.43. The molecule has 0 fully saturated rings. The topological polar surface area (TPSA) is 93.1 Å². The first-order valence-electron chi connectivity index (χ1n) is 5.96. The molecule has 6 heteroatoms. The summed E-state index contributed by atoms with van der Waals surface area (Å²) >= 11 is 0. The molecule has 1 rings (SSSR count). The van der Waals surface area contributed by atoms with Gasteiger partial charge in [-0.25, -0.2) is 9.59 Å². The van der Waals surface area contributed by atoms with Crippen molar-refractivity contribution >= 4 is 11.9 Å². The zero-order valence-electron chi connectivity index (χ0n) is 11.0. The molecule has 0 spiro atoms. The summed E-state index contributed by atoms with van der Waals surface area (Å²) < 4.78 is 9.54. The molecule has 0 radical (unpaired) electrons. The van der Waals surface area contributed by atoms with Crippen molar-refractivity contribution < 1.29 is 29.3 Å². The van der Waals surface area contributed by atoms with Crippen LogP contribution in [0, 0.1) is 0 Å². The third-order valence-corrected chi connectivity index (χ3v) is 2.23. The Balaban J connectivity index is 2.33. The standard InChI is InChI=1S/C14H16O6/c1-2-3-13(17)19-8-12(16)9-20-14(18)10-4-6-11(15)7-5-10/h2-7,12,15-16H,8-9H2,1H3. The molecule has 0 saturated carbocycles. The number of benzene rings is 1. The number of aromatic hydroxyl groups is 1. The van der Waals surface area contributed by atoms with Crippen LogP contribution in [0.25, 0.3) is 0 Å². The summed E-state index contributed by atoms with van der Waals surface area (Å²) in [6, 6.07) is 5.50. The van der Waals surface area contributed by atoms with E-state index >= 15 is 0 Å². The summed E-state index contributed by atoms with van der Waals surface area (Å²) in [5.74, 6) is -1.17. The first kappa shape index (κ1) is 15.7. The van der Waals surface area contributed by atoms with E-state index in [1.165, 1.54) is 36.4 Å². The minimum Gasteiger partial charge on any atom is -0.508 e. The van der Waals surface area contributed by atoms with Crippen LogP contribution >= 0.6 is 0 Å². The molecule has 1 unspecified atom stereocenters. The number of carbonyl (C=O) groups excluding carboxylic acids is 2. The summed E-state index contributed by atoms with van der Waals surface area (Å²) in [4.78, 5) is 22.6. The van der Waals surface area contributed by atoms with Gasteiger partial charge in [-0.3, -0.25) is 0 Å². The first-order valence-corrected chi connectivity index (χ1v) is 5.96. The lowest BCUT2D eigenvalue weighted by Gasteiger charge is -2.11.